The molecule has 1 unspecified atom stereocenters. The van der Waals surface area contributed by atoms with E-state index in [0.717, 1.165) is 25.1 Å². The fraction of sp³-hybridized carbons (Fsp3) is 0.600. The maximum atomic E-state index is 12.5. The van der Waals surface area contributed by atoms with Gasteiger partial charge in [0, 0.05) is 6.54 Å². The number of aliphatic hydroxyl groups excluding tert-OH is 1. The zero-order valence-corrected chi connectivity index (χ0v) is 12.3. The molecule has 1 atom stereocenters. The molecule has 0 saturated heterocycles. The lowest BCUT2D eigenvalue weighted by Crippen LogP contribution is -2.32. The summed E-state index contributed by atoms with van der Waals surface area (Å²) in [5.41, 5.74) is -0.760. The molecule has 0 spiro atoms. The van der Waals surface area contributed by atoms with E-state index in [2.05, 4.69) is 19.2 Å². The molecule has 1 aromatic rings. The minimum Gasteiger partial charge on any atom is -0.491 e. The average Bonchev–Trinajstić information content (AvgIpc) is 2.40. The average molecular weight is 305 g/mol. The number of hydrogen-bond donors (Lipinski definition) is 2. The molecule has 0 fully saturated rings. The van der Waals surface area contributed by atoms with Crippen molar-refractivity contribution in [1.82, 2.24) is 5.32 Å². The van der Waals surface area contributed by atoms with Gasteiger partial charge < -0.3 is 15.2 Å². The van der Waals surface area contributed by atoms with Crippen LogP contribution in [-0.4, -0.2) is 30.9 Å². The number of alkyl halides is 3. The second kappa shape index (κ2) is 8.24. The Labute approximate surface area is 123 Å². The summed E-state index contributed by atoms with van der Waals surface area (Å²) in [6.07, 6.45) is -4.15. The first-order valence-corrected chi connectivity index (χ1v) is 6.98. The summed E-state index contributed by atoms with van der Waals surface area (Å²) in [4.78, 5) is 0. The predicted octanol–water partition coefficient (Wildman–Crippen LogP) is 3.08. The molecule has 0 heterocycles. The van der Waals surface area contributed by atoms with Crippen LogP contribution in [0.15, 0.2) is 24.3 Å². The van der Waals surface area contributed by atoms with Crippen LogP contribution < -0.4 is 10.1 Å². The van der Waals surface area contributed by atoms with Crippen molar-refractivity contribution in [3.05, 3.63) is 29.8 Å². The topological polar surface area (TPSA) is 41.5 Å². The van der Waals surface area contributed by atoms with Crippen molar-refractivity contribution in [3.8, 4) is 5.75 Å². The lowest BCUT2D eigenvalue weighted by atomic mass is 10.1. The number of benzene rings is 1. The number of aliphatic hydroxyl groups is 1. The van der Waals surface area contributed by atoms with Crippen molar-refractivity contribution >= 4 is 0 Å². The van der Waals surface area contributed by atoms with Crippen molar-refractivity contribution < 1.29 is 23.0 Å². The Morgan fingerprint density at radius 1 is 1.29 bits per heavy atom. The van der Waals surface area contributed by atoms with E-state index in [1.54, 1.807) is 0 Å². The molecule has 0 aliphatic heterocycles. The van der Waals surface area contributed by atoms with Crippen LogP contribution in [0.5, 0.6) is 5.75 Å². The van der Waals surface area contributed by atoms with E-state index in [1.165, 1.54) is 12.1 Å². The summed E-state index contributed by atoms with van der Waals surface area (Å²) in [5, 5.41) is 12.8. The van der Waals surface area contributed by atoms with Crippen molar-refractivity contribution in [2.45, 2.75) is 32.5 Å². The minimum atomic E-state index is -4.39. The zero-order chi connectivity index (χ0) is 15.9. The Morgan fingerprint density at radius 2 is 2.00 bits per heavy atom. The fourth-order valence-corrected chi connectivity index (χ4v) is 1.67. The van der Waals surface area contributed by atoms with Crippen LogP contribution in [0, 0.1) is 5.92 Å². The summed E-state index contributed by atoms with van der Waals surface area (Å²) >= 11 is 0. The second-order valence-corrected chi connectivity index (χ2v) is 5.38. The van der Waals surface area contributed by atoms with Crippen LogP contribution in [0.1, 0.15) is 25.8 Å². The molecule has 1 aromatic carbocycles. The van der Waals surface area contributed by atoms with E-state index in [0.29, 0.717) is 12.5 Å². The van der Waals surface area contributed by atoms with Gasteiger partial charge in [-0.25, -0.2) is 0 Å². The predicted molar refractivity (Wildman–Crippen MR) is 75.3 cm³/mol. The number of ether oxygens (including phenoxy) is 1. The lowest BCUT2D eigenvalue weighted by molar-refractivity contribution is -0.137. The first kappa shape index (κ1) is 17.8. The smallest absolute Gasteiger partial charge is 0.416 e. The maximum Gasteiger partial charge on any atom is 0.416 e. The Bertz CT molecular complexity index is 422. The number of rotatable bonds is 8. The third kappa shape index (κ3) is 7.34. The molecular weight excluding hydrogens is 283 g/mol. The molecule has 0 saturated carbocycles. The van der Waals surface area contributed by atoms with Crippen molar-refractivity contribution in [2.24, 2.45) is 5.92 Å². The van der Waals surface area contributed by atoms with E-state index in [-0.39, 0.29) is 12.4 Å². The molecule has 3 nitrogen and oxygen atoms in total. The Morgan fingerprint density at radius 3 is 2.62 bits per heavy atom. The van der Waals surface area contributed by atoms with Gasteiger partial charge in [0.05, 0.1) is 5.56 Å². The molecule has 0 aliphatic rings. The Balaban J connectivity index is 2.34. The van der Waals surface area contributed by atoms with E-state index < -0.39 is 17.8 Å². The van der Waals surface area contributed by atoms with Crippen LogP contribution in [0.2, 0.25) is 0 Å². The van der Waals surface area contributed by atoms with Crippen molar-refractivity contribution in [2.75, 3.05) is 19.7 Å². The van der Waals surface area contributed by atoms with Gasteiger partial charge in [0.25, 0.3) is 0 Å². The van der Waals surface area contributed by atoms with Crippen LogP contribution in [-0.2, 0) is 6.18 Å². The highest BCUT2D eigenvalue weighted by atomic mass is 19.4. The van der Waals surface area contributed by atoms with Gasteiger partial charge in [-0.1, -0.05) is 19.9 Å². The largest absolute Gasteiger partial charge is 0.491 e. The third-order valence-electron chi connectivity index (χ3n) is 2.88. The van der Waals surface area contributed by atoms with Gasteiger partial charge in [0.1, 0.15) is 18.5 Å². The van der Waals surface area contributed by atoms with Gasteiger partial charge in [0.15, 0.2) is 0 Å². The third-order valence-corrected chi connectivity index (χ3v) is 2.88. The first-order valence-electron chi connectivity index (χ1n) is 6.98. The minimum absolute atomic E-state index is 0.0456. The standard InChI is InChI=1S/C15H22F3NO2/c1-11(2)6-7-19-9-13(20)10-21-14-5-3-4-12(8-14)15(16,17)18/h3-5,8,11,13,19-20H,6-7,9-10H2,1-2H3. The summed E-state index contributed by atoms with van der Waals surface area (Å²) in [5.74, 6) is 0.682. The fourth-order valence-electron chi connectivity index (χ4n) is 1.67. The molecule has 1 rings (SSSR count). The monoisotopic (exact) mass is 305 g/mol. The summed E-state index contributed by atoms with van der Waals surface area (Å²) in [6, 6.07) is 4.63. The van der Waals surface area contributed by atoms with Crippen LogP contribution in [0.4, 0.5) is 13.2 Å². The zero-order valence-electron chi connectivity index (χ0n) is 12.3. The molecular formula is C15H22F3NO2. The van der Waals surface area contributed by atoms with Gasteiger partial charge in [-0.15, -0.1) is 0 Å². The molecule has 2 N–H and O–H groups in total. The van der Waals surface area contributed by atoms with Gasteiger partial charge in [-0.05, 0) is 37.1 Å². The highest BCUT2D eigenvalue weighted by Gasteiger charge is 2.30. The molecule has 0 bridgehead atoms. The normalized spacial score (nSPS) is 13.5. The lowest BCUT2D eigenvalue weighted by Gasteiger charge is -2.15. The molecule has 0 aromatic heterocycles. The molecule has 0 radical (unpaired) electrons. The summed E-state index contributed by atoms with van der Waals surface area (Å²) in [7, 11) is 0. The molecule has 0 aliphatic carbocycles. The van der Waals surface area contributed by atoms with Crippen molar-refractivity contribution in [1.29, 1.82) is 0 Å². The Hall–Kier alpha value is -1.27. The van der Waals surface area contributed by atoms with Gasteiger partial charge >= 0.3 is 6.18 Å². The maximum absolute atomic E-state index is 12.5. The van der Waals surface area contributed by atoms with E-state index in [9.17, 15) is 18.3 Å². The Kier molecular flexibility index (Phi) is 6.98. The molecule has 0 amide bonds. The van der Waals surface area contributed by atoms with Crippen LogP contribution >= 0.6 is 0 Å². The van der Waals surface area contributed by atoms with E-state index >= 15 is 0 Å². The highest BCUT2D eigenvalue weighted by molar-refractivity contribution is 5.30. The van der Waals surface area contributed by atoms with Gasteiger partial charge in [-0.3, -0.25) is 0 Å². The van der Waals surface area contributed by atoms with Crippen LogP contribution in [0.25, 0.3) is 0 Å². The van der Waals surface area contributed by atoms with E-state index in [1.807, 2.05) is 0 Å². The number of hydrogen-bond acceptors (Lipinski definition) is 3. The second-order valence-electron chi connectivity index (χ2n) is 5.38. The number of nitrogens with one attached hydrogen (secondary N) is 1. The molecule has 120 valence electrons. The highest BCUT2D eigenvalue weighted by Crippen LogP contribution is 2.31. The van der Waals surface area contributed by atoms with Crippen LogP contribution in [0.3, 0.4) is 0 Å². The first-order chi connectivity index (χ1) is 9.79. The summed E-state index contributed by atoms with van der Waals surface area (Å²) < 4.78 is 42.8. The van der Waals surface area contributed by atoms with E-state index in [4.69, 9.17) is 4.74 Å². The molecule has 6 heteroatoms. The molecule has 21 heavy (non-hydrogen) atoms. The quantitative estimate of drug-likeness (QED) is 0.725. The van der Waals surface area contributed by atoms with Gasteiger partial charge in [0.2, 0.25) is 0 Å². The SMILES string of the molecule is CC(C)CCNCC(O)COc1cccc(C(F)(F)F)c1. The van der Waals surface area contributed by atoms with Crippen molar-refractivity contribution in [3.63, 3.8) is 0 Å². The van der Waals surface area contributed by atoms with Gasteiger partial charge in [-0.2, -0.15) is 13.2 Å². The summed E-state index contributed by atoms with van der Waals surface area (Å²) in [6.45, 7) is 5.31. The number of halogens is 3.